The smallest absolute Gasteiger partial charge is 0.407 e. The molecule has 3 aliphatic heterocycles. The molecule has 1 N–H and O–H groups in total. The fraction of sp³-hybridized carbons (Fsp3) is 0.424. The van der Waals surface area contributed by atoms with Gasteiger partial charge in [-0.2, -0.15) is 0 Å². The van der Waals surface area contributed by atoms with Crippen LogP contribution in [-0.4, -0.2) is 103 Å². The molecule has 0 bridgehead atoms. The van der Waals surface area contributed by atoms with Crippen LogP contribution < -0.4 is 13.8 Å². The molecule has 2 amide bonds. The lowest BCUT2D eigenvalue weighted by Gasteiger charge is -2.54. The summed E-state index contributed by atoms with van der Waals surface area (Å²) in [6.45, 7) is 3.44. The van der Waals surface area contributed by atoms with Crippen molar-refractivity contribution in [2.24, 2.45) is 0 Å². The number of likely N-dealkylation sites (tertiary alicyclic amines) is 1. The lowest BCUT2D eigenvalue weighted by atomic mass is 9.80. The summed E-state index contributed by atoms with van der Waals surface area (Å²) in [6, 6.07) is 10.2. The zero-order chi connectivity index (χ0) is 34.3. The molecule has 6 rings (SSSR count). The monoisotopic (exact) mass is 701 g/mol. The standard InChI is InChI=1S/C33H37ClFN5O7S/c1-4-47-31-25(6-5-15-36-31)29-30(38(33(42)43)19-27(34)39(29)21-13-16-37(2)17-14-21)28-24-12-7-20(35)18-26(24)40(32(28)41)48(44,45)23-10-8-22(46-3)9-11-23/h5-12,15,18,21,27-30H,4,13-14,16-17,19H2,1-3H3,(H,42,43). The molecular weight excluding hydrogens is 665 g/mol. The SMILES string of the molecule is CCOc1ncccc1C1C(C2C(=O)N(S(=O)(=O)c3ccc(OC)cc3)c3cc(F)ccc32)N(C(=O)O)CC(Cl)N1C1CCN(C)CC1. The van der Waals surface area contributed by atoms with E-state index in [4.69, 9.17) is 21.1 Å². The quantitative estimate of drug-likeness (QED) is 0.264. The number of amides is 2. The van der Waals surface area contributed by atoms with Crippen LogP contribution in [0.25, 0.3) is 0 Å². The van der Waals surface area contributed by atoms with E-state index in [9.17, 15) is 27.5 Å². The van der Waals surface area contributed by atoms with E-state index in [1.165, 1.54) is 37.4 Å². The summed E-state index contributed by atoms with van der Waals surface area (Å²) in [5.74, 6) is -2.38. The zero-order valence-electron chi connectivity index (χ0n) is 26.7. The van der Waals surface area contributed by atoms with Gasteiger partial charge in [0.05, 0.1) is 48.8 Å². The number of benzene rings is 2. The number of pyridine rings is 1. The molecule has 2 aromatic carbocycles. The second kappa shape index (κ2) is 13.5. The number of sulfonamides is 1. The largest absolute Gasteiger partial charge is 0.497 e. The summed E-state index contributed by atoms with van der Waals surface area (Å²) in [4.78, 5) is 37.4. The van der Waals surface area contributed by atoms with E-state index in [1.54, 1.807) is 25.3 Å². The molecule has 3 aromatic rings. The Bertz CT molecular complexity index is 1790. The Morgan fingerprint density at radius 1 is 1.10 bits per heavy atom. The number of nitrogens with zero attached hydrogens (tertiary/aromatic N) is 5. The highest BCUT2D eigenvalue weighted by Crippen LogP contribution is 2.51. The van der Waals surface area contributed by atoms with Crippen LogP contribution in [0.2, 0.25) is 0 Å². The number of ether oxygens (including phenoxy) is 2. The highest BCUT2D eigenvalue weighted by molar-refractivity contribution is 7.93. The van der Waals surface area contributed by atoms with Gasteiger partial charge in [0, 0.05) is 17.8 Å². The van der Waals surface area contributed by atoms with E-state index in [2.05, 4.69) is 9.88 Å². The van der Waals surface area contributed by atoms with Crippen LogP contribution in [0, 0.1) is 5.82 Å². The number of carboxylic acid groups (broad SMARTS) is 1. The van der Waals surface area contributed by atoms with E-state index >= 15 is 0 Å². The molecule has 1 aromatic heterocycles. The Morgan fingerprint density at radius 3 is 2.46 bits per heavy atom. The van der Waals surface area contributed by atoms with Crippen molar-refractivity contribution in [1.29, 1.82) is 0 Å². The summed E-state index contributed by atoms with van der Waals surface area (Å²) in [5, 5.41) is 10.7. The number of hydrogen-bond donors (Lipinski definition) is 1. The van der Waals surface area contributed by atoms with Crippen LogP contribution in [0.15, 0.2) is 65.7 Å². The first-order valence-electron chi connectivity index (χ1n) is 15.7. The van der Waals surface area contributed by atoms with Crippen molar-refractivity contribution in [3.05, 3.63) is 77.7 Å². The molecule has 12 nitrogen and oxygen atoms in total. The van der Waals surface area contributed by atoms with Gasteiger partial charge in [0.15, 0.2) is 0 Å². The maximum atomic E-state index is 14.9. The Hall–Kier alpha value is -3.98. The van der Waals surface area contributed by atoms with Gasteiger partial charge in [-0.3, -0.25) is 14.6 Å². The third-order valence-corrected chi connectivity index (χ3v) is 11.5. The molecule has 0 radical (unpaired) electrons. The van der Waals surface area contributed by atoms with E-state index in [-0.39, 0.29) is 41.2 Å². The molecule has 0 saturated carbocycles. The average molecular weight is 702 g/mol. The van der Waals surface area contributed by atoms with Gasteiger partial charge in [0.2, 0.25) is 5.88 Å². The second-order valence-corrected chi connectivity index (χ2v) is 14.4. The molecule has 4 atom stereocenters. The van der Waals surface area contributed by atoms with Crippen LogP contribution in [-0.2, 0) is 14.8 Å². The van der Waals surface area contributed by atoms with E-state index in [1.807, 2.05) is 11.9 Å². The maximum Gasteiger partial charge on any atom is 0.407 e. The molecule has 2 fully saturated rings. The summed E-state index contributed by atoms with van der Waals surface area (Å²) in [5.41, 5.74) is -0.292. The fourth-order valence-electron chi connectivity index (χ4n) is 7.21. The third kappa shape index (κ3) is 5.95. The Balaban J connectivity index is 1.56. The van der Waals surface area contributed by atoms with Gasteiger partial charge >= 0.3 is 6.09 Å². The van der Waals surface area contributed by atoms with Crippen molar-refractivity contribution in [1.82, 2.24) is 19.7 Å². The van der Waals surface area contributed by atoms with Crippen molar-refractivity contribution in [2.45, 2.75) is 54.2 Å². The first-order chi connectivity index (χ1) is 23.0. The number of fused-ring (bicyclic) bond motifs is 1. The van der Waals surface area contributed by atoms with Crippen LogP contribution in [0.4, 0.5) is 14.9 Å². The Morgan fingerprint density at radius 2 is 1.81 bits per heavy atom. The van der Waals surface area contributed by atoms with Crippen molar-refractivity contribution in [3.8, 4) is 11.6 Å². The predicted molar refractivity (Wildman–Crippen MR) is 175 cm³/mol. The van der Waals surface area contributed by atoms with Crippen LogP contribution in [0.3, 0.4) is 0 Å². The van der Waals surface area contributed by atoms with Gasteiger partial charge in [-0.05, 0) is 87.9 Å². The van der Waals surface area contributed by atoms with Gasteiger partial charge in [0.25, 0.3) is 15.9 Å². The first-order valence-corrected chi connectivity index (χ1v) is 17.6. The van der Waals surface area contributed by atoms with Crippen LogP contribution >= 0.6 is 11.6 Å². The Kier molecular flexibility index (Phi) is 9.53. The number of methoxy groups -OCH3 is 1. The number of rotatable bonds is 8. The van der Waals surface area contributed by atoms with E-state index in [0.717, 1.165) is 43.0 Å². The molecule has 48 heavy (non-hydrogen) atoms. The molecule has 15 heteroatoms. The minimum absolute atomic E-state index is 0.106. The van der Waals surface area contributed by atoms with Gasteiger partial charge < -0.3 is 19.5 Å². The van der Waals surface area contributed by atoms with Crippen molar-refractivity contribution in [3.63, 3.8) is 0 Å². The van der Waals surface area contributed by atoms with Crippen molar-refractivity contribution < 1.29 is 37.0 Å². The number of halogens is 2. The lowest BCUT2D eigenvalue weighted by molar-refractivity contribution is -0.122. The van der Waals surface area contributed by atoms with Gasteiger partial charge in [0.1, 0.15) is 17.1 Å². The van der Waals surface area contributed by atoms with Gasteiger partial charge in [-0.1, -0.05) is 12.1 Å². The minimum atomic E-state index is -4.59. The van der Waals surface area contributed by atoms with Crippen molar-refractivity contribution >= 4 is 39.3 Å². The summed E-state index contributed by atoms with van der Waals surface area (Å²) >= 11 is 7.10. The Labute approximate surface area is 283 Å². The number of alkyl halides is 1. The van der Waals surface area contributed by atoms with Gasteiger partial charge in [-0.25, -0.2) is 26.9 Å². The molecule has 256 valence electrons. The molecule has 2 saturated heterocycles. The lowest BCUT2D eigenvalue weighted by Crippen LogP contribution is -2.65. The number of aromatic nitrogens is 1. The summed E-state index contributed by atoms with van der Waals surface area (Å²) in [6.07, 6.45) is 1.66. The predicted octanol–water partition coefficient (Wildman–Crippen LogP) is 4.51. The molecule has 4 heterocycles. The number of carbonyl (C=O) groups is 2. The minimum Gasteiger partial charge on any atom is -0.497 e. The van der Waals surface area contributed by atoms with E-state index < -0.39 is 51.3 Å². The van der Waals surface area contributed by atoms with Crippen molar-refractivity contribution in [2.75, 3.05) is 44.7 Å². The summed E-state index contributed by atoms with van der Waals surface area (Å²) in [7, 11) is -1.13. The maximum absolute atomic E-state index is 14.9. The highest BCUT2D eigenvalue weighted by atomic mass is 35.5. The fourth-order valence-corrected chi connectivity index (χ4v) is 9.10. The first kappa shape index (κ1) is 33.9. The molecule has 0 aliphatic carbocycles. The van der Waals surface area contributed by atoms with Gasteiger partial charge in [-0.15, -0.1) is 11.6 Å². The number of hydrogen-bond acceptors (Lipinski definition) is 9. The molecule has 3 aliphatic rings. The summed E-state index contributed by atoms with van der Waals surface area (Å²) < 4.78 is 55.0. The highest BCUT2D eigenvalue weighted by Gasteiger charge is 2.57. The molecular formula is C33H37ClFN5O7S. The number of piperidine rings is 1. The molecule has 0 spiro atoms. The zero-order valence-corrected chi connectivity index (χ0v) is 28.3. The van der Waals surface area contributed by atoms with E-state index in [0.29, 0.717) is 15.6 Å². The topological polar surface area (TPSA) is 133 Å². The molecule has 4 unspecified atom stereocenters. The normalized spacial score (nSPS) is 24.1. The second-order valence-electron chi connectivity index (χ2n) is 12.1. The number of carbonyl (C=O) groups excluding carboxylic acids is 1. The number of piperazine rings is 1. The average Bonchev–Trinajstić information content (AvgIpc) is 3.36. The number of anilines is 1. The third-order valence-electron chi connectivity index (χ3n) is 9.38. The van der Waals surface area contributed by atoms with Crippen LogP contribution in [0.5, 0.6) is 11.6 Å². The van der Waals surface area contributed by atoms with Crippen LogP contribution in [0.1, 0.15) is 42.9 Å².